The van der Waals surface area contributed by atoms with Gasteiger partial charge in [-0.05, 0) is 31.0 Å². The molecule has 0 amide bonds. The summed E-state index contributed by atoms with van der Waals surface area (Å²) in [6.07, 6.45) is 3.60. The van der Waals surface area contributed by atoms with Crippen LogP contribution in [0.15, 0.2) is 33.4 Å². The van der Waals surface area contributed by atoms with Gasteiger partial charge in [0.15, 0.2) is 11.5 Å². The highest BCUT2D eigenvalue weighted by atomic mass is 79.9. The Hall–Kier alpha value is -1.13. The van der Waals surface area contributed by atoms with Crippen LogP contribution in [0.2, 0.25) is 5.02 Å². The number of carbonyl (C=O) groups excluding carboxylic acids is 1. The fourth-order valence-electron chi connectivity index (χ4n) is 1.88. The van der Waals surface area contributed by atoms with E-state index in [9.17, 15) is 4.79 Å². The quantitative estimate of drug-likeness (QED) is 0.794. The zero-order valence-electron chi connectivity index (χ0n) is 9.32. The van der Waals surface area contributed by atoms with Crippen molar-refractivity contribution in [2.75, 3.05) is 0 Å². The Labute approximate surface area is 117 Å². The topological polar surface area (TPSA) is 43.1 Å². The van der Waals surface area contributed by atoms with Crippen LogP contribution in [0, 0.1) is 0 Å². The maximum absolute atomic E-state index is 12.4. The Balaban J connectivity index is 2.00. The molecule has 0 saturated heterocycles. The van der Waals surface area contributed by atoms with Gasteiger partial charge in [0.2, 0.25) is 0 Å². The average molecular weight is 327 g/mol. The molecule has 1 saturated carbocycles. The van der Waals surface area contributed by atoms with Gasteiger partial charge < -0.3 is 4.52 Å². The summed E-state index contributed by atoms with van der Waals surface area (Å²) in [6.45, 7) is 0. The van der Waals surface area contributed by atoms with Crippen LogP contribution in [0.3, 0.4) is 0 Å². The Morgan fingerprint density at radius 2 is 2.17 bits per heavy atom. The molecule has 0 bridgehead atoms. The van der Waals surface area contributed by atoms with Gasteiger partial charge in [-0.3, -0.25) is 4.79 Å². The summed E-state index contributed by atoms with van der Waals surface area (Å²) < 4.78 is 6.02. The minimum atomic E-state index is -0.129. The number of aromatic nitrogens is 1. The van der Waals surface area contributed by atoms with Crippen molar-refractivity contribution in [3.63, 3.8) is 0 Å². The van der Waals surface area contributed by atoms with Crippen molar-refractivity contribution < 1.29 is 9.32 Å². The molecular formula is C13H9BrClNO2. The maximum Gasteiger partial charge on any atom is 0.199 e. The molecule has 0 N–H and O–H groups in total. The minimum absolute atomic E-state index is 0.129. The zero-order valence-corrected chi connectivity index (χ0v) is 11.7. The number of benzene rings is 1. The fraction of sp³-hybridized carbons (Fsp3) is 0.231. The van der Waals surface area contributed by atoms with E-state index in [-0.39, 0.29) is 5.78 Å². The van der Waals surface area contributed by atoms with Crippen LogP contribution in [-0.4, -0.2) is 10.9 Å². The molecule has 5 heteroatoms. The highest BCUT2D eigenvalue weighted by Crippen LogP contribution is 2.42. The summed E-state index contributed by atoms with van der Waals surface area (Å²) in [4.78, 5) is 12.4. The van der Waals surface area contributed by atoms with Crippen molar-refractivity contribution in [1.29, 1.82) is 0 Å². The molecule has 92 valence electrons. The summed E-state index contributed by atoms with van der Waals surface area (Å²) in [5.74, 6) is 0.912. The molecule has 3 rings (SSSR count). The lowest BCUT2D eigenvalue weighted by molar-refractivity contribution is 0.103. The molecule has 0 atom stereocenters. The van der Waals surface area contributed by atoms with Gasteiger partial charge in [0.05, 0.1) is 16.8 Å². The fourth-order valence-corrected chi connectivity index (χ4v) is 2.64. The van der Waals surface area contributed by atoms with E-state index in [2.05, 4.69) is 21.1 Å². The first-order valence-electron chi connectivity index (χ1n) is 5.61. The summed E-state index contributed by atoms with van der Waals surface area (Å²) in [6, 6.07) is 5.21. The van der Waals surface area contributed by atoms with Crippen molar-refractivity contribution in [1.82, 2.24) is 5.16 Å². The molecule has 2 aromatic rings. The van der Waals surface area contributed by atoms with Gasteiger partial charge in [-0.15, -0.1) is 0 Å². The lowest BCUT2D eigenvalue weighted by atomic mass is 10.0. The van der Waals surface area contributed by atoms with E-state index in [4.69, 9.17) is 16.1 Å². The molecule has 0 spiro atoms. The average Bonchev–Trinajstić information content (AvgIpc) is 3.06. The van der Waals surface area contributed by atoms with Crippen molar-refractivity contribution in [2.24, 2.45) is 0 Å². The summed E-state index contributed by atoms with van der Waals surface area (Å²) in [5.41, 5.74) is 1.01. The van der Waals surface area contributed by atoms with Crippen LogP contribution in [0.25, 0.3) is 0 Å². The van der Waals surface area contributed by atoms with Gasteiger partial charge in [-0.1, -0.05) is 32.7 Å². The first-order chi connectivity index (χ1) is 8.66. The number of hydrogen-bond acceptors (Lipinski definition) is 3. The molecule has 1 aromatic carbocycles. The highest BCUT2D eigenvalue weighted by molar-refractivity contribution is 9.10. The number of halogens is 2. The molecule has 18 heavy (non-hydrogen) atoms. The van der Waals surface area contributed by atoms with E-state index >= 15 is 0 Å². The predicted molar refractivity (Wildman–Crippen MR) is 71.1 cm³/mol. The van der Waals surface area contributed by atoms with Gasteiger partial charge >= 0.3 is 0 Å². The standard InChI is InChI=1S/C13H9BrClNO2/c14-8-3-4-9(11(15)5-8)12(17)10-6-16-18-13(10)7-1-2-7/h3-7H,1-2H2. The van der Waals surface area contributed by atoms with Crippen LogP contribution < -0.4 is 0 Å². The molecule has 1 fully saturated rings. The van der Waals surface area contributed by atoms with Gasteiger partial charge in [-0.25, -0.2) is 0 Å². The van der Waals surface area contributed by atoms with Crippen LogP contribution >= 0.6 is 27.5 Å². The van der Waals surface area contributed by atoms with E-state index in [1.54, 1.807) is 18.2 Å². The number of hydrogen-bond donors (Lipinski definition) is 0. The molecule has 1 aliphatic rings. The number of rotatable bonds is 3. The van der Waals surface area contributed by atoms with E-state index in [1.807, 2.05) is 0 Å². The molecule has 0 aliphatic heterocycles. The zero-order chi connectivity index (χ0) is 12.7. The second kappa shape index (κ2) is 4.52. The molecule has 1 aliphatic carbocycles. The lowest BCUT2D eigenvalue weighted by Gasteiger charge is -2.03. The first kappa shape index (κ1) is 11.9. The Kier molecular flexibility index (Phi) is 2.99. The smallest absolute Gasteiger partial charge is 0.199 e. The van der Waals surface area contributed by atoms with Crippen molar-refractivity contribution in [2.45, 2.75) is 18.8 Å². The van der Waals surface area contributed by atoms with Gasteiger partial charge in [-0.2, -0.15) is 0 Å². The Bertz CT molecular complexity index is 619. The number of ketones is 1. The molecular weight excluding hydrogens is 318 g/mol. The lowest BCUT2D eigenvalue weighted by Crippen LogP contribution is -2.03. The normalized spacial score (nSPS) is 14.8. The number of nitrogens with zero attached hydrogens (tertiary/aromatic N) is 1. The van der Waals surface area contributed by atoms with Crippen LogP contribution in [0.1, 0.15) is 40.4 Å². The number of carbonyl (C=O) groups is 1. The second-order valence-corrected chi connectivity index (χ2v) is 5.65. The summed E-state index contributed by atoms with van der Waals surface area (Å²) in [7, 11) is 0. The van der Waals surface area contributed by atoms with Crippen molar-refractivity contribution in [3.8, 4) is 0 Å². The predicted octanol–water partition coefficient (Wildman–Crippen LogP) is 4.20. The largest absolute Gasteiger partial charge is 0.360 e. The van der Waals surface area contributed by atoms with E-state index in [0.717, 1.165) is 17.3 Å². The molecule has 0 unspecified atom stereocenters. The monoisotopic (exact) mass is 325 g/mol. The van der Waals surface area contributed by atoms with Crippen LogP contribution in [0.4, 0.5) is 0 Å². The molecule has 3 nitrogen and oxygen atoms in total. The van der Waals surface area contributed by atoms with Crippen molar-refractivity contribution >= 4 is 33.3 Å². The first-order valence-corrected chi connectivity index (χ1v) is 6.78. The van der Waals surface area contributed by atoms with Gasteiger partial charge in [0.25, 0.3) is 0 Å². The summed E-state index contributed by atoms with van der Waals surface area (Å²) in [5, 5.41) is 4.16. The van der Waals surface area contributed by atoms with E-state index < -0.39 is 0 Å². The Morgan fingerprint density at radius 1 is 1.39 bits per heavy atom. The Morgan fingerprint density at radius 3 is 2.83 bits per heavy atom. The molecule has 0 radical (unpaired) electrons. The highest BCUT2D eigenvalue weighted by Gasteiger charge is 2.33. The van der Waals surface area contributed by atoms with Crippen molar-refractivity contribution in [3.05, 3.63) is 50.8 Å². The van der Waals surface area contributed by atoms with E-state index in [0.29, 0.717) is 27.8 Å². The van der Waals surface area contributed by atoms with E-state index in [1.165, 1.54) is 6.20 Å². The van der Waals surface area contributed by atoms with Crippen LogP contribution in [0.5, 0.6) is 0 Å². The SMILES string of the molecule is O=C(c1ccc(Br)cc1Cl)c1cnoc1C1CC1. The minimum Gasteiger partial charge on any atom is -0.360 e. The third-order valence-electron chi connectivity index (χ3n) is 2.97. The maximum atomic E-state index is 12.4. The second-order valence-electron chi connectivity index (χ2n) is 4.33. The van der Waals surface area contributed by atoms with Crippen LogP contribution in [-0.2, 0) is 0 Å². The third kappa shape index (κ3) is 2.10. The summed E-state index contributed by atoms with van der Waals surface area (Å²) >= 11 is 9.40. The van der Waals surface area contributed by atoms with Gasteiger partial charge in [0, 0.05) is 16.0 Å². The molecule has 1 aromatic heterocycles. The third-order valence-corrected chi connectivity index (χ3v) is 3.77. The molecule has 1 heterocycles. The van der Waals surface area contributed by atoms with Gasteiger partial charge in [0.1, 0.15) is 0 Å².